The predicted molar refractivity (Wildman–Crippen MR) is 152 cm³/mol. The standard InChI is InChI=1S/C31H53N3O3S/c1-22-9-8-11-27(23(22)2)24-13-15-25(16-14-24)31-28-20-33(17-6-7-18-34(28)29(31)21-37-3)38(35,36)30-12-5-4-10-26(30)19-32/h22-31H,4-18,20-21H2,1-3H3/t22?,23?,24?,25?,26?,27?,28?,29-,30?,31+/m1/s1. The first-order valence-electron chi connectivity index (χ1n) is 16.0. The van der Waals surface area contributed by atoms with E-state index in [0.29, 0.717) is 43.4 Å². The van der Waals surface area contributed by atoms with Gasteiger partial charge in [-0.05, 0) is 99.8 Å². The van der Waals surface area contributed by atoms with Crippen LogP contribution in [0.2, 0.25) is 0 Å². The molecule has 216 valence electrons. The molecule has 2 heterocycles. The van der Waals surface area contributed by atoms with Gasteiger partial charge in [0.05, 0.1) is 23.8 Å². The number of fused-ring (bicyclic) bond motifs is 1. The van der Waals surface area contributed by atoms with Gasteiger partial charge < -0.3 is 4.74 Å². The van der Waals surface area contributed by atoms with Crippen molar-refractivity contribution in [2.24, 2.45) is 41.4 Å². The van der Waals surface area contributed by atoms with E-state index >= 15 is 0 Å². The van der Waals surface area contributed by atoms with E-state index in [-0.39, 0.29) is 5.92 Å². The molecule has 2 aliphatic heterocycles. The van der Waals surface area contributed by atoms with Gasteiger partial charge in [-0.25, -0.2) is 12.7 Å². The Morgan fingerprint density at radius 3 is 2.32 bits per heavy atom. The van der Waals surface area contributed by atoms with E-state index in [4.69, 9.17) is 4.74 Å². The van der Waals surface area contributed by atoms with Crippen molar-refractivity contribution in [3.8, 4) is 6.07 Å². The summed E-state index contributed by atoms with van der Waals surface area (Å²) >= 11 is 0. The fourth-order valence-electron chi connectivity index (χ4n) is 9.56. The second-order valence-electron chi connectivity index (χ2n) is 13.7. The molecule has 0 radical (unpaired) electrons. The van der Waals surface area contributed by atoms with E-state index in [0.717, 1.165) is 68.9 Å². The molecule has 0 bridgehead atoms. The van der Waals surface area contributed by atoms with Crippen molar-refractivity contribution in [3.63, 3.8) is 0 Å². The van der Waals surface area contributed by atoms with E-state index in [1.54, 1.807) is 0 Å². The molecule has 0 aromatic heterocycles. The van der Waals surface area contributed by atoms with Gasteiger partial charge in [0.25, 0.3) is 0 Å². The fraction of sp³-hybridized carbons (Fsp3) is 0.968. The third-order valence-corrected chi connectivity index (χ3v) is 14.3. The third kappa shape index (κ3) is 5.58. The number of sulfonamides is 1. The Kier molecular flexibility index (Phi) is 9.45. The average molecular weight is 548 g/mol. The van der Waals surface area contributed by atoms with E-state index in [1.165, 1.54) is 44.9 Å². The molecule has 3 aliphatic carbocycles. The molecule has 6 unspecified atom stereocenters. The summed E-state index contributed by atoms with van der Waals surface area (Å²) < 4.78 is 35.5. The Labute approximate surface area is 232 Å². The van der Waals surface area contributed by atoms with Crippen LogP contribution in [0.15, 0.2) is 0 Å². The number of methoxy groups -OCH3 is 1. The largest absolute Gasteiger partial charge is 0.383 e. The van der Waals surface area contributed by atoms with Gasteiger partial charge in [0.15, 0.2) is 0 Å². The number of nitriles is 1. The Morgan fingerprint density at radius 1 is 0.868 bits per heavy atom. The minimum atomic E-state index is -3.47. The number of nitrogens with zero attached hydrogens (tertiary/aromatic N) is 3. The van der Waals surface area contributed by atoms with Crippen LogP contribution >= 0.6 is 0 Å². The second kappa shape index (κ2) is 12.5. The van der Waals surface area contributed by atoms with Crippen LogP contribution in [-0.2, 0) is 14.8 Å². The van der Waals surface area contributed by atoms with Crippen LogP contribution in [0, 0.1) is 52.8 Å². The Balaban J connectivity index is 1.29. The molecule has 8 atom stereocenters. The number of rotatable bonds is 6. The minimum Gasteiger partial charge on any atom is -0.383 e. The van der Waals surface area contributed by atoms with Gasteiger partial charge in [0.2, 0.25) is 10.0 Å². The van der Waals surface area contributed by atoms with Crippen LogP contribution in [0.5, 0.6) is 0 Å². The lowest BCUT2D eigenvalue weighted by Gasteiger charge is -2.60. The van der Waals surface area contributed by atoms with E-state index in [9.17, 15) is 13.7 Å². The highest BCUT2D eigenvalue weighted by molar-refractivity contribution is 7.89. The molecule has 5 aliphatic rings. The number of ether oxygens (including phenoxy) is 1. The zero-order valence-corrected chi connectivity index (χ0v) is 25.1. The molecule has 0 aromatic rings. The average Bonchev–Trinajstić information content (AvgIpc) is 2.91. The van der Waals surface area contributed by atoms with Gasteiger partial charge in [0, 0.05) is 32.3 Å². The van der Waals surface area contributed by atoms with Gasteiger partial charge in [-0.15, -0.1) is 0 Å². The SMILES string of the molecule is COC[C@@H]1[C@@H](C2CCC(C3CCCC(C)C3C)CC2)C2CN(S(=O)(=O)C3CCCCC3C#N)CCCCN21. The third-order valence-electron chi connectivity index (χ3n) is 11.9. The van der Waals surface area contributed by atoms with Gasteiger partial charge in [-0.1, -0.05) is 39.5 Å². The second-order valence-corrected chi connectivity index (χ2v) is 15.8. The smallest absolute Gasteiger partial charge is 0.218 e. The van der Waals surface area contributed by atoms with Gasteiger partial charge in [-0.3, -0.25) is 4.90 Å². The monoisotopic (exact) mass is 547 g/mol. The van der Waals surface area contributed by atoms with Gasteiger partial charge in [-0.2, -0.15) is 5.26 Å². The van der Waals surface area contributed by atoms with Crippen LogP contribution in [0.3, 0.4) is 0 Å². The summed E-state index contributed by atoms with van der Waals surface area (Å²) in [6.45, 7) is 8.00. The molecule has 0 amide bonds. The summed E-state index contributed by atoms with van der Waals surface area (Å²) in [5, 5.41) is 9.21. The molecule has 7 heteroatoms. The molecular weight excluding hydrogens is 494 g/mol. The fourth-order valence-corrected chi connectivity index (χ4v) is 11.8. The van der Waals surface area contributed by atoms with Crippen LogP contribution in [0.25, 0.3) is 0 Å². The highest BCUT2D eigenvalue weighted by Gasteiger charge is 2.54. The minimum absolute atomic E-state index is 0.296. The van der Waals surface area contributed by atoms with Crippen molar-refractivity contribution < 1.29 is 13.2 Å². The first-order chi connectivity index (χ1) is 18.4. The highest BCUT2D eigenvalue weighted by Crippen LogP contribution is 2.50. The Morgan fingerprint density at radius 2 is 1.58 bits per heavy atom. The summed E-state index contributed by atoms with van der Waals surface area (Å²) in [5.41, 5.74) is 0. The number of hydrogen-bond acceptors (Lipinski definition) is 5. The van der Waals surface area contributed by atoms with Crippen molar-refractivity contribution in [2.75, 3.05) is 33.4 Å². The van der Waals surface area contributed by atoms with Crippen molar-refractivity contribution in [2.45, 2.75) is 115 Å². The molecule has 0 spiro atoms. The topological polar surface area (TPSA) is 73.6 Å². The summed E-state index contributed by atoms with van der Waals surface area (Å²) in [7, 11) is -1.66. The quantitative estimate of drug-likeness (QED) is 0.427. The normalized spacial score (nSPS) is 43.7. The van der Waals surface area contributed by atoms with Gasteiger partial charge >= 0.3 is 0 Å². The summed E-state index contributed by atoms with van der Waals surface area (Å²) in [5.74, 6) is 4.34. The maximum atomic E-state index is 13.9. The molecule has 3 saturated carbocycles. The van der Waals surface area contributed by atoms with E-state index < -0.39 is 15.3 Å². The molecule has 6 nitrogen and oxygen atoms in total. The lowest BCUT2D eigenvalue weighted by molar-refractivity contribution is -0.128. The maximum absolute atomic E-state index is 13.9. The van der Waals surface area contributed by atoms with Crippen molar-refractivity contribution in [1.82, 2.24) is 9.21 Å². The summed E-state index contributed by atoms with van der Waals surface area (Å²) in [6.07, 6.45) is 14.7. The highest BCUT2D eigenvalue weighted by atomic mass is 32.2. The van der Waals surface area contributed by atoms with E-state index in [2.05, 4.69) is 24.8 Å². The van der Waals surface area contributed by atoms with Crippen LogP contribution in [0.1, 0.15) is 97.3 Å². The molecule has 0 aromatic carbocycles. The number of hydrogen-bond donors (Lipinski definition) is 0. The maximum Gasteiger partial charge on any atom is 0.218 e. The molecule has 38 heavy (non-hydrogen) atoms. The van der Waals surface area contributed by atoms with Crippen LogP contribution in [-0.4, -0.2) is 68.3 Å². The molecular formula is C31H53N3O3S. The Hall–Kier alpha value is -0.680. The molecule has 5 fully saturated rings. The molecule has 0 N–H and O–H groups in total. The predicted octanol–water partition coefficient (Wildman–Crippen LogP) is 5.69. The first kappa shape index (κ1) is 28.8. The van der Waals surface area contributed by atoms with Crippen molar-refractivity contribution >= 4 is 10.0 Å². The zero-order valence-electron chi connectivity index (χ0n) is 24.3. The van der Waals surface area contributed by atoms with Crippen LogP contribution < -0.4 is 0 Å². The summed E-state index contributed by atoms with van der Waals surface area (Å²) in [6, 6.07) is 3.07. The van der Waals surface area contributed by atoms with Crippen LogP contribution in [0.4, 0.5) is 0 Å². The molecule has 5 rings (SSSR count). The van der Waals surface area contributed by atoms with Crippen molar-refractivity contribution in [3.05, 3.63) is 0 Å². The lowest BCUT2D eigenvalue weighted by atomic mass is 9.60. The Bertz CT molecular complexity index is 927. The lowest BCUT2D eigenvalue weighted by Crippen LogP contribution is -2.71. The van der Waals surface area contributed by atoms with Gasteiger partial charge in [0.1, 0.15) is 0 Å². The first-order valence-corrected chi connectivity index (χ1v) is 17.5. The van der Waals surface area contributed by atoms with E-state index in [1.807, 2.05) is 11.4 Å². The zero-order chi connectivity index (χ0) is 26.9. The molecule has 2 saturated heterocycles. The van der Waals surface area contributed by atoms with Crippen molar-refractivity contribution in [1.29, 1.82) is 5.26 Å². The summed E-state index contributed by atoms with van der Waals surface area (Å²) in [4.78, 5) is 2.59.